The topological polar surface area (TPSA) is 20.2 Å². The van der Waals surface area contributed by atoms with Crippen LogP contribution in [0.2, 0.25) is 0 Å². The molecule has 1 nitrogen and oxygen atoms in total. The van der Waals surface area contributed by atoms with Crippen molar-refractivity contribution >= 4 is 15.9 Å². The van der Waals surface area contributed by atoms with Crippen LogP contribution in [0.1, 0.15) is 18.9 Å². The highest BCUT2D eigenvalue weighted by Crippen LogP contribution is 2.18. The minimum absolute atomic E-state index is 0.157. The maximum Gasteiger partial charge on any atom is 0.124 e. The van der Waals surface area contributed by atoms with Gasteiger partial charge in [-0.05, 0) is 36.1 Å². The summed E-state index contributed by atoms with van der Waals surface area (Å²) in [5, 5.41) is 9.02. The third-order valence-electron chi connectivity index (χ3n) is 2.28. The Morgan fingerprint density at radius 3 is 2.64 bits per heavy atom. The van der Waals surface area contributed by atoms with Crippen LogP contribution in [0.25, 0.3) is 0 Å². The first-order valence-electron chi connectivity index (χ1n) is 4.71. The Bertz CT molecular complexity index is 277. The lowest BCUT2D eigenvalue weighted by Crippen LogP contribution is -2.08. The minimum atomic E-state index is -0.234. The van der Waals surface area contributed by atoms with Crippen LogP contribution in [-0.4, -0.2) is 11.7 Å². The van der Waals surface area contributed by atoms with E-state index in [0.29, 0.717) is 0 Å². The average molecular weight is 261 g/mol. The summed E-state index contributed by atoms with van der Waals surface area (Å²) in [6, 6.07) is 4.84. The van der Waals surface area contributed by atoms with Crippen molar-refractivity contribution in [1.29, 1.82) is 0 Å². The van der Waals surface area contributed by atoms with E-state index in [1.54, 1.807) is 0 Å². The standard InChI is InChI=1S/C11H14BrFO/c1-2-8(7-14)3-9-4-10(12)6-11(13)5-9/h4-6,8,14H,2-3,7H2,1H3. The number of halogens is 2. The fourth-order valence-corrected chi connectivity index (χ4v) is 1.91. The highest BCUT2D eigenvalue weighted by atomic mass is 79.9. The van der Waals surface area contributed by atoms with Gasteiger partial charge < -0.3 is 5.11 Å². The molecule has 1 rings (SSSR count). The van der Waals surface area contributed by atoms with Crippen LogP contribution in [-0.2, 0) is 6.42 Å². The second kappa shape index (κ2) is 5.47. The van der Waals surface area contributed by atoms with Crippen LogP contribution in [0.3, 0.4) is 0 Å². The molecule has 1 aromatic rings. The Labute approximate surface area is 92.1 Å². The van der Waals surface area contributed by atoms with Gasteiger partial charge in [0.1, 0.15) is 5.82 Å². The van der Waals surface area contributed by atoms with Gasteiger partial charge in [0.2, 0.25) is 0 Å². The Hall–Kier alpha value is -0.410. The van der Waals surface area contributed by atoms with E-state index in [9.17, 15) is 4.39 Å². The number of rotatable bonds is 4. The van der Waals surface area contributed by atoms with Crippen molar-refractivity contribution in [3.63, 3.8) is 0 Å². The first kappa shape index (κ1) is 11.7. The number of aliphatic hydroxyl groups is 1. The summed E-state index contributed by atoms with van der Waals surface area (Å²) in [4.78, 5) is 0. The van der Waals surface area contributed by atoms with Gasteiger partial charge in [0.25, 0.3) is 0 Å². The maximum atomic E-state index is 13.0. The second-order valence-corrected chi connectivity index (χ2v) is 4.35. The van der Waals surface area contributed by atoms with Crippen molar-refractivity contribution < 1.29 is 9.50 Å². The fourth-order valence-electron chi connectivity index (χ4n) is 1.40. The summed E-state index contributed by atoms with van der Waals surface area (Å²) in [6.45, 7) is 2.18. The van der Waals surface area contributed by atoms with Gasteiger partial charge >= 0.3 is 0 Å². The second-order valence-electron chi connectivity index (χ2n) is 3.44. The van der Waals surface area contributed by atoms with E-state index in [1.807, 2.05) is 13.0 Å². The number of benzene rings is 1. The predicted octanol–water partition coefficient (Wildman–Crippen LogP) is 3.15. The zero-order valence-electron chi connectivity index (χ0n) is 8.13. The molecule has 0 saturated heterocycles. The molecule has 0 radical (unpaired) electrons. The van der Waals surface area contributed by atoms with Gasteiger partial charge in [-0.3, -0.25) is 0 Å². The van der Waals surface area contributed by atoms with Gasteiger partial charge in [-0.1, -0.05) is 29.3 Å². The molecule has 0 saturated carbocycles. The third kappa shape index (κ3) is 3.39. The van der Waals surface area contributed by atoms with E-state index in [0.717, 1.165) is 22.9 Å². The van der Waals surface area contributed by atoms with Gasteiger partial charge in [-0.2, -0.15) is 0 Å². The summed E-state index contributed by atoms with van der Waals surface area (Å²) in [6.07, 6.45) is 1.63. The maximum absolute atomic E-state index is 13.0. The Kier molecular flexibility index (Phi) is 4.55. The van der Waals surface area contributed by atoms with E-state index in [-0.39, 0.29) is 18.3 Å². The molecule has 78 valence electrons. The highest BCUT2D eigenvalue weighted by Gasteiger charge is 2.07. The lowest BCUT2D eigenvalue weighted by atomic mass is 9.98. The molecule has 0 heterocycles. The summed E-state index contributed by atoms with van der Waals surface area (Å²) in [5.41, 5.74) is 0.928. The zero-order valence-corrected chi connectivity index (χ0v) is 9.72. The molecule has 0 amide bonds. The minimum Gasteiger partial charge on any atom is -0.396 e. The van der Waals surface area contributed by atoms with Gasteiger partial charge in [0.05, 0.1) is 0 Å². The summed E-state index contributed by atoms with van der Waals surface area (Å²) in [7, 11) is 0. The Balaban J connectivity index is 2.75. The molecular formula is C11H14BrFO. The van der Waals surface area contributed by atoms with Crippen molar-refractivity contribution in [2.24, 2.45) is 5.92 Å². The van der Waals surface area contributed by atoms with Crippen LogP contribution in [0.15, 0.2) is 22.7 Å². The predicted molar refractivity (Wildman–Crippen MR) is 58.7 cm³/mol. The largest absolute Gasteiger partial charge is 0.396 e. The van der Waals surface area contributed by atoms with E-state index in [4.69, 9.17) is 5.11 Å². The van der Waals surface area contributed by atoms with Crippen LogP contribution in [0.4, 0.5) is 4.39 Å². The quantitative estimate of drug-likeness (QED) is 0.882. The summed E-state index contributed by atoms with van der Waals surface area (Å²) < 4.78 is 13.7. The number of hydrogen-bond donors (Lipinski definition) is 1. The first-order chi connectivity index (χ1) is 6.65. The third-order valence-corrected chi connectivity index (χ3v) is 2.74. The van der Waals surface area contributed by atoms with Crippen molar-refractivity contribution in [3.8, 4) is 0 Å². The smallest absolute Gasteiger partial charge is 0.124 e. The molecule has 3 heteroatoms. The average Bonchev–Trinajstić information content (AvgIpc) is 2.12. The van der Waals surface area contributed by atoms with Crippen LogP contribution in [0, 0.1) is 11.7 Å². The van der Waals surface area contributed by atoms with Crippen molar-refractivity contribution in [1.82, 2.24) is 0 Å². The summed E-state index contributed by atoms with van der Waals surface area (Å²) >= 11 is 3.24. The molecule has 1 N–H and O–H groups in total. The molecular weight excluding hydrogens is 247 g/mol. The molecule has 1 aromatic carbocycles. The van der Waals surface area contributed by atoms with E-state index < -0.39 is 0 Å². The molecule has 0 spiro atoms. The molecule has 14 heavy (non-hydrogen) atoms. The Morgan fingerprint density at radius 1 is 1.43 bits per heavy atom. The molecule has 0 aliphatic heterocycles. The molecule has 0 bridgehead atoms. The highest BCUT2D eigenvalue weighted by molar-refractivity contribution is 9.10. The van der Waals surface area contributed by atoms with E-state index in [2.05, 4.69) is 15.9 Å². The SMILES string of the molecule is CCC(CO)Cc1cc(F)cc(Br)c1. The van der Waals surface area contributed by atoms with Crippen LogP contribution in [0.5, 0.6) is 0 Å². The first-order valence-corrected chi connectivity index (χ1v) is 5.50. The van der Waals surface area contributed by atoms with Gasteiger partial charge in [-0.15, -0.1) is 0 Å². The van der Waals surface area contributed by atoms with E-state index in [1.165, 1.54) is 12.1 Å². The lowest BCUT2D eigenvalue weighted by molar-refractivity contribution is 0.222. The number of aliphatic hydroxyl groups excluding tert-OH is 1. The zero-order chi connectivity index (χ0) is 10.6. The molecule has 1 atom stereocenters. The van der Waals surface area contributed by atoms with Gasteiger partial charge in [0.15, 0.2) is 0 Å². The molecule has 0 aliphatic carbocycles. The fraction of sp³-hybridized carbons (Fsp3) is 0.455. The van der Waals surface area contributed by atoms with E-state index >= 15 is 0 Å². The normalized spacial score (nSPS) is 12.9. The monoisotopic (exact) mass is 260 g/mol. The van der Waals surface area contributed by atoms with Crippen LogP contribution < -0.4 is 0 Å². The van der Waals surface area contributed by atoms with Gasteiger partial charge in [0, 0.05) is 11.1 Å². The van der Waals surface area contributed by atoms with Crippen molar-refractivity contribution in [3.05, 3.63) is 34.1 Å². The van der Waals surface area contributed by atoms with Crippen molar-refractivity contribution in [2.45, 2.75) is 19.8 Å². The lowest BCUT2D eigenvalue weighted by Gasteiger charge is -2.11. The molecule has 0 aliphatic rings. The summed E-state index contributed by atoms with van der Waals surface area (Å²) in [5.74, 6) is -0.00846. The van der Waals surface area contributed by atoms with Gasteiger partial charge in [-0.25, -0.2) is 4.39 Å². The molecule has 1 unspecified atom stereocenters. The van der Waals surface area contributed by atoms with Crippen molar-refractivity contribution in [2.75, 3.05) is 6.61 Å². The Morgan fingerprint density at radius 2 is 2.14 bits per heavy atom. The number of hydrogen-bond acceptors (Lipinski definition) is 1. The molecule has 0 fully saturated rings. The molecule has 0 aromatic heterocycles. The van der Waals surface area contributed by atoms with Crippen LogP contribution >= 0.6 is 15.9 Å².